The Hall–Kier alpha value is -4.65. The average molecular weight is 542 g/mol. The molecule has 1 heterocycles. The van der Waals surface area contributed by atoms with Gasteiger partial charge < -0.3 is 9.84 Å². The zero-order valence-electron chi connectivity index (χ0n) is 21.9. The van der Waals surface area contributed by atoms with Crippen molar-refractivity contribution in [3.05, 3.63) is 130 Å². The third-order valence-corrected chi connectivity index (χ3v) is 6.82. The molecule has 4 nitrogen and oxygen atoms in total. The summed E-state index contributed by atoms with van der Waals surface area (Å²) in [6, 6.07) is 24.6. The number of fused-ring (bicyclic) bond motifs is 1. The molecule has 0 saturated carbocycles. The molecule has 1 N–H and O–H groups in total. The Morgan fingerprint density at radius 2 is 1.55 bits per heavy atom. The van der Waals surface area contributed by atoms with Gasteiger partial charge in [0.1, 0.15) is 12.4 Å². The van der Waals surface area contributed by atoms with Crippen molar-refractivity contribution in [2.75, 3.05) is 0 Å². The van der Waals surface area contributed by atoms with Crippen molar-refractivity contribution in [3.63, 3.8) is 0 Å². The van der Waals surface area contributed by atoms with E-state index in [2.05, 4.69) is 4.98 Å². The Balaban J connectivity index is 1.57. The van der Waals surface area contributed by atoms with Crippen molar-refractivity contribution >= 4 is 16.9 Å². The molecule has 0 spiro atoms. The molecule has 0 radical (unpaired) electrons. The highest BCUT2D eigenvalue weighted by molar-refractivity contribution is 5.98. The number of aromatic nitrogens is 1. The molecule has 0 atom stereocenters. The molecule has 7 heteroatoms. The Morgan fingerprint density at radius 3 is 2.23 bits per heavy atom. The fraction of sp³-hybridized carbons (Fsp3) is 0.152. The molecule has 0 fully saturated rings. The summed E-state index contributed by atoms with van der Waals surface area (Å²) >= 11 is 0. The van der Waals surface area contributed by atoms with Gasteiger partial charge in [-0.05, 0) is 83.5 Å². The van der Waals surface area contributed by atoms with Crippen molar-refractivity contribution in [1.29, 1.82) is 0 Å². The van der Waals surface area contributed by atoms with Gasteiger partial charge in [-0.3, -0.25) is 4.98 Å². The topological polar surface area (TPSA) is 59.4 Å². The second-order valence-corrected chi connectivity index (χ2v) is 9.75. The van der Waals surface area contributed by atoms with Crippen LogP contribution < -0.4 is 4.74 Å². The summed E-state index contributed by atoms with van der Waals surface area (Å²) in [6.45, 7) is 3.79. The zero-order chi connectivity index (χ0) is 28.4. The molecule has 4 aromatic carbocycles. The van der Waals surface area contributed by atoms with Gasteiger partial charge in [-0.25, -0.2) is 4.79 Å². The van der Waals surface area contributed by atoms with Crippen LogP contribution in [0.1, 0.15) is 43.7 Å². The maximum absolute atomic E-state index is 13.9. The number of rotatable bonds is 7. The SMILES string of the molecule is Cc1cc(C(=O)O)cc(C)c1OCc1cccc(-c2c(Cc3ccccc3)cnc3c(C(F)(F)F)cccc23)c1. The van der Waals surface area contributed by atoms with Crippen LogP contribution in [0.5, 0.6) is 5.75 Å². The minimum atomic E-state index is -4.54. The predicted molar refractivity (Wildman–Crippen MR) is 149 cm³/mol. The van der Waals surface area contributed by atoms with E-state index < -0.39 is 17.7 Å². The van der Waals surface area contributed by atoms with Crippen LogP contribution >= 0.6 is 0 Å². The van der Waals surface area contributed by atoms with Crippen molar-refractivity contribution in [3.8, 4) is 16.9 Å². The molecule has 0 aliphatic carbocycles. The van der Waals surface area contributed by atoms with Gasteiger partial charge >= 0.3 is 12.1 Å². The lowest BCUT2D eigenvalue weighted by Crippen LogP contribution is -2.07. The number of aromatic carboxylic acids is 1. The fourth-order valence-corrected chi connectivity index (χ4v) is 5.06. The van der Waals surface area contributed by atoms with E-state index in [-0.39, 0.29) is 17.7 Å². The summed E-state index contributed by atoms with van der Waals surface area (Å²) < 4.78 is 47.7. The third kappa shape index (κ3) is 5.54. The molecule has 0 bridgehead atoms. The number of benzene rings is 4. The highest BCUT2D eigenvalue weighted by Crippen LogP contribution is 2.39. The van der Waals surface area contributed by atoms with Crippen molar-refractivity contribution < 1.29 is 27.8 Å². The van der Waals surface area contributed by atoms with E-state index in [0.29, 0.717) is 34.2 Å². The van der Waals surface area contributed by atoms with E-state index >= 15 is 0 Å². The second-order valence-electron chi connectivity index (χ2n) is 9.75. The number of aryl methyl sites for hydroxylation is 2. The van der Waals surface area contributed by atoms with Crippen LogP contribution in [0, 0.1) is 13.8 Å². The van der Waals surface area contributed by atoms with Crippen molar-refractivity contribution in [2.45, 2.75) is 33.1 Å². The molecule has 0 amide bonds. The van der Waals surface area contributed by atoms with E-state index in [1.807, 2.05) is 54.6 Å². The lowest BCUT2D eigenvalue weighted by atomic mass is 9.91. The number of carbonyl (C=O) groups is 1. The molecule has 1 aromatic heterocycles. The second kappa shape index (κ2) is 10.8. The van der Waals surface area contributed by atoms with E-state index in [4.69, 9.17) is 4.74 Å². The van der Waals surface area contributed by atoms with Crippen LogP contribution in [0.15, 0.2) is 91.1 Å². The predicted octanol–water partition coefficient (Wildman–Crippen LogP) is 8.41. The first kappa shape index (κ1) is 26.9. The molecule has 5 rings (SSSR count). The number of nitrogens with zero attached hydrogens (tertiary/aromatic N) is 1. The van der Waals surface area contributed by atoms with Crippen LogP contribution in [0.2, 0.25) is 0 Å². The Kier molecular flexibility index (Phi) is 7.30. The van der Waals surface area contributed by atoms with E-state index in [1.165, 1.54) is 6.07 Å². The highest BCUT2D eigenvalue weighted by atomic mass is 19.4. The molecule has 5 aromatic rings. The molecule has 0 unspecified atom stereocenters. The maximum atomic E-state index is 13.9. The van der Waals surface area contributed by atoms with Gasteiger partial charge in [0.2, 0.25) is 0 Å². The van der Waals surface area contributed by atoms with Gasteiger partial charge in [-0.15, -0.1) is 0 Å². The molecule has 40 heavy (non-hydrogen) atoms. The van der Waals surface area contributed by atoms with Crippen LogP contribution in [0.3, 0.4) is 0 Å². The van der Waals surface area contributed by atoms with Crippen LogP contribution in [0.25, 0.3) is 22.0 Å². The average Bonchev–Trinajstić information content (AvgIpc) is 2.92. The number of carboxylic acid groups (broad SMARTS) is 1. The largest absolute Gasteiger partial charge is 0.488 e. The standard InChI is InChI=1S/C33H26F3NO3/c1-20-14-25(32(38)39)15-21(2)31(20)40-19-23-10-6-11-24(17-23)29-26(16-22-8-4-3-5-9-22)18-37-30-27(29)12-7-13-28(30)33(34,35)36/h3-15,17-18H,16,19H2,1-2H3,(H,38,39). The third-order valence-electron chi connectivity index (χ3n) is 6.82. The van der Waals surface area contributed by atoms with Crippen LogP contribution in [-0.4, -0.2) is 16.1 Å². The summed E-state index contributed by atoms with van der Waals surface area (Å²) in [5.74, 6) is -0.403. The van der Waals surface area contributed by atoms with Gasteiger partial charge in [0, 0.05) is 11.6 Å². The number of para-hydroxylation sites is 1. The number of alkyl halides is 3. The van der Waals surface area contributed by atoms with Crippen LogP contribution in [0.4, 0.5) is 13.2 Å². The van der Waals surface area contributed by atoms with Gasteiger partial charge in [0.15, 0.2) is 0 Å². The lowest BCUT2D eigenvalue weighted by Gasteiger charge is -2.17. The van der Waals surface area contributed by atoms with Gasteiger partial charge in [0.25, 0.3) is 0 Å². The summed E-state index contributed by atoms with van der Waals surface area (Å²) in [6.07, 6.45) is -2.49. The smallest absolute Gasteiger partial charge is 0.418 e. The maximum Gasteiger partial charge on any atom is 0.418 e. The zero-order valence-corrected chi connectivity index (χ0v) is 21.9. The number of ether oxygens (including phenoxy) is 1. The number of hydrogen-bond donors (Lipinski definition) is 1. The summed E-state index contributed by atoms with van der Waals surface area (Å²) in [5, 5.41) is 9.74. The van der Waals surface area contributed by atoms with E-state index in [0.717, 1.165) is 28.3 Å². The van der Waals surface area contributed by atoms with Gasteiger partial charge in [-0.2, -0.15) is 13.2 Å². The van der Waals surface area contributed by atoms with Crippen molar-refractivity contribution in [2.24, 2.45) is 0 Å². The molecule has 0 aliphatic rings. The molecule has 0 saturated heterocycles. The van der Waals surface area contributed by atoms with Gasteiger partial charge in [0.05, 0.1) is 16.6 Å². The monoisotopic (exact) mass is 541 g/mol. The first-order valence-corrected chi connectivity index (χ1v) is 12.7. The number of hydrogen-bond acceptors (Lipinski definition) is 3. The first-order chi connectivity index (χ1) is 19.1. The quantitative estimate of drug-likeness (QED) is 0.225. The van der Waals surface area contributed by atoms with Gasteiger partial charge in [-0.1, -0.05) is 60.7 Å². The molecule has 202 valence electrons. The minimum Gasteiger partial charge on any atom is -0.488 e. The van der Waals surface area contributed by atoms with E-state index in [1.54, 1.807) is 38.2 Å². The Bertz CT molecular complexity index is 1690. The number of halogens is 3. The first-order valence-electron chi connectivity index (χ1n) is 12.7. The Morgan fingerprint density at radius 1 is 0.875 bits per heavy atom. The summed E-state index contributed by atoms with van der Waals surface area (Å²) in [5.41, 5.74) is 4.85. The normalized spacial score (nSPS) is 11.5. The number of pyridine rings is 1. The Labute approximate surface area is 229 Å². The highest BCUT2D eigenvalue weighted by Gasteiger charge is 2.33. The lowest BCUT2D eigenvalue weighted by molar-refractivity contribution is -0.136. The molecular weight excluding hydrogens is 515 g/mol. The minimum absolute atomic E-state index is 0.0896. The molecule has 0 aliphatic heterocycles. The fourth-order valence-electron chi connectivity index (χ4n) is 5.06. The van der Waals surface area contributed by atoms with Crippen molar-refractivity contribution in [1.82, 2.24) is 4.98 Å². The van der Waals surface area contributed by atoms with E-state index in [9.17, 15) is 23.1 Å². The molecular formula is C33H26F3NO3. The summed E-state index contributed by atoms with van der Waals surface area (Å²) in [4.78, 5) is 15.7. The number of carboxylic acids is 1. The van der Waals surface area contributed by atoms with Crippen LogP contribution in [-0.2, 0) is 19.2 Å². The summed E-state index contributed by atoms with van der Waals surface area (Å²) in [7, 11) is 0.